The Morgan fingerprint density at radius 3 is 2.77 bits per heavy atom. The summed E-state index contributed by atoms with van der Waals surface area (Å²) in [7, 11) is -3.90. The van der Waals surface area contributed by atoms with Gasteiger partial charge in [0.1, 0.15) is 12.4 Å². The van der Waals surface area contributed by atoms with E-state index in [-0.39, 0.29) is 17.4 Å². The number of amides is 1. The van der Waals surface area contributed by atoms with Gasteiger partial charge in [0.05, 0.1) is 23.6 Å². The number of sulfonamides is 1. The smallest absolute Gasteiger partial charge is 0.264 e. The standard InChI is InChI=1S/C37H43ClN4O5S/c1-2-29-8-3-4-9-33(46-22-35-39-17-6-18-40-35)30-13-10-27(30)21-42-23-37(16-5-7-25-19-28(38)12-14-31(25)37)24-47-34-15-11-26(20-32(34)42)36(43)41-48(29,44)45/h4,6,9,11-12,14-15,17-20,27,29-30,33H,2-3,5,7-8,10,13,16,21-24H2,1H3,(H,41,43)/b9-4-/t27-,29+,30+,33-,37-/m0/s1. The van der Waals surface area contributed by atoms with E-state index in [4.69, 9.17) is 21.1 Å². The van der Waals surface area contributed by atoms with Crippen LogP contribution in [-0.4, -0.2) is 55.3 Å². The number of nitrogens with zero attached hydrogens (tertiary/aromatic N) is 3. The minimum atomic E-state index is -3.90. The van der Waals surface area contributed by atoms with Crippen molar-refractivity contribution in [2.45, 2.75) is 81.7 Å². The van der Waals surface area contributed by atoms with Crippen molar-refractivity contribution in [1.29, 1.82) is 0 Å². The molecule has 3 aromatic rings. The van der Waals surface area contributed by atoms with E-state index in [0.29, 0.717) is 62.1 Å². The summed E-state index contributed by atoms with van der Waals surface area (Å²) in [6.45, 7) is 4.10. The molecule has 0 radical (unpaired) electrons. The first-order valence-corrected chi connectivity index (χ1v) is 19.1. The van der Waals surface area contributed by atoms with Crippen molar-refractivity contribution >= 4 is 33.2 Å². The van der Waals surface area contributed by atoms with Gasteiger partial charge in [-0.3, -0.25) is 4.79 Å². The van der Waals surface area contributed by atoms with Gasteiger partial charge in [0.25, 0.3) is 5.91 Å². The third kappa shape index (κ3) is 6.71. The molecular formula is C37H43ClN4O5S. The van der Waals surface area contributed by atoms with Crippen molar-refractivity contribution < 1.29 is 22.7 Å². The van der Waals surface area contributed by atoms with E-state index in [1.54, 1.807) is 24.5 Å². The summed E-state index contributed by atoms with van der Waals surface area (Å²) < 4.78 is 42.3. The highest BCUT2D eigenvalue weighted by atomic mass is 35.5. The summed E-state index contributed by atoms with van der Waals surface area (Å²) in [6, 6.07) is 13.3. The molecule has 9 nitrogen and oxygen atoms in total. The van der Waals surface area contributed by atoms with Crippen LogP contribution < -0.4 is 14.4 Å². The summed E-state index contributed by atoms with van der Waals surface area (Å²) in [4.78, 5) is 24.6. The number of nitrogens with one attached hydrogen (secondary N) is 1. The van der Waals surface area contributed by atoms with Gasteiger partial charge in [-0.2, -0.15) is 0 Å². The molecule has 2 aliphatic carbocycles. The lowest BCUT2D eigenvalue weighted by Crippen LogP contribution is -2.49. The monoisotopic (exact) mass is 690 g/mol. The quantitative estimate of drug-likeness (QED) is 0.313. The first-order valence-electron chi connectivity index (χ1n) is 17.2. The number of fused-ring (bicyclic) bond motifs is 4. The third-order valence-electron chi connectivity index (χ3n) is 10.8. The Balaban J connectivity index is 1.27. The predicted molar refractivity (Wildman–Crippen MR) is 186 cm³/mol. The first kappa shape index (κ1) is 33.0. The number of anilines is 1. The van der Waals surface area contributed by atoms with Crippen LogP contribution in [-0.2, 0) is 33.2 Å². The maximum Gasteiger partial charge on any atom is 0.264 e. The topological polar surface area (TPSA) is 111 Å². The zero-order valence-corrected chi connectivity index (χ0v) is 28.9. The van der Waals surface area contributed by atoms with Crippen LogP contribution >= 0.6 is 11.6 Å². The van der Waals surface area contributed by atoms with E-state index in [1.807, 2.05) is 31.2 Å². The zero-order chi connectivity index (χ0) is 33.3. The molecule has 0 unspecified atom stereocenters. The van der Waals surface area contributed by atoms with Gasteiger partial charge in [-0.15, -0.1) is 0 Å². The van der Waals surface area contributed by atoms with Gasteiger partial charge in [0, 0.05) is 41.5 Å². The molecule has 48 heavy (non-hydrogen) atoms. The number of carbonyl (C=O) groups is 1. The summed E-state index contributed by atoms with van der Waals surface area (Å²) >= 11 is 6.45. The molecule has 4 aliphatic rings. The molecule has 5 atom stereocenters. The molecule has 2 aliphatic heterocycles. The summed E-state index contributed by atoms with van der Waals surface area (Å²) in [5.41, 5.74) is 3.38. The Labute approximate surface area is 288 Å². The fraction of sp³-hybridized carbons (Fsp3) is 0.486. The molecule has 1 fully saturated rings. The second kappa shape index (κ2) is 13.8. The Bertz CT molecular complexity index is 1790. The summed E-state index contributed by atoms with van der Waals surface area (Å²) in [6.07, 6.45) is 13.8. The van der Waals surface area contributed by atoms with E-state index in [2.05, 4.69) is 37.8 Å². The number of carbonyl (C=O) groups excluding carboxylic acids is 1. The van der Waals surface area contributed by atoms with Crippen LogP contribution in [0.4, 0.5) is 5.69 Å². The van der Waals surface area contributed by atoms with Crippen molar-refractivity contribution in [3.8, 4) is 5.75 Å². The van der Waals surface area contributed by atoms with Gasteiger partial charge >= 0.3 is 0 Å². The minimum Gasteiger partial charge on any atom is -0.490 e. The molecule has 1 aromatic heterocycles. The molecule has 1 spiro atoms. The third-order valence-corrected chi connectivity index (χ3v) is 12.9. The lowest BCUT2D eigenvalue weighted by atomic mass is 9.68. The second-order valence-corrected chi connectivity index (χ2v) is 16.1. The zero-order valence-electron chi connectivity index (χ0n) is 27.3. The molecule has 0 saturated heterocycles. The normalized spacial score (nSPS) is 29.0. The number of halogens is 1. The highest BCUT2D eigenvalue weighted by molar-refractivity contribution is 7.90. The number of aromatic nitrogens is 2. The number of benzene rings is 2. The van der Waals surface area contributed by atoms with Crippen molar-refractivity contribution in [3.63, 3.8) is 0 Å². The van der Waals surface area contributed by atoms with Crippen LogP contribution in [0.2, 0.25) is 5.02 Å². The molecule has 254 valence electrons. The van der Waals surface area contributed by atoms with Crippen LogP contribution in [0.5, 0.6) is 5.75 Å². The number of allylic oxidation sites excluding steroid dienone is 1. The number of hydrogen-bond donors (Lipinski definition) is 1. The van der Waals surface area contributed by atoms with Gasteiger partial charge < -0.3 is 14.4 Å². The van der Waals surface area contributed by atoms with Crippen molar-refractivity contribution in [2.24, 2.45) is 11.8 Å². The molecule has 11 heteroatoms. The van der Waals surface area contributed by atoms with Gasteiger partial charge in [-0.25, -0.2) is 23.1 Å². The number of rotatable bonds is 4. The first-order chi connectivity index (χ1) is 23.2. The van der Waals surface area contributed by atoms with Crippen molar-refractivity contribution in [3.05, 3.63) is 94.5 Å². The highest BCUT2D eigenvalue weighted by Gasteiger charge is 2.44. The minimum absolute atomic E-state index is 0.169. The van der Waals surface area contributed by atoms with Gasteiger partial charge in [0.2, 0.25) is 10.0 Å². The molecule has 1 N–H and O–H groups in total. The number of aryl methyl sites for hydroxylation is 1. The van der Waals surface area contributed by atoms with Crippen LogP contribution in [0.25, 0.3) is 0 Å². The highest BCUT2D eigenvalue weighted by Crippen LogP contribution is 2.47. The molecule has 7 rings (SSSR count). The average Bonchev–Trinajstić information content (AvgIpc) is 3.21. The average molecular weight is 691 g/mol. The summed E-state index contributed by atoms with van der Waals surface area (Å²) in [5, 5.41) is 0.0369. The maximum absolute atomic E-state index is 13.5. The van der Waals surface area contributed by atoms with Gasteiger partial charge in [-0.1, -0.05) is 36.7 Å². The Kier molecular flexibility index (Phi) is 9.50. The van der Waals surface area contributed by atoms with E-state index >= 15 is 0 Å². The lowest BCUT2D eigenvalue weighted by Gasteiger charge is -2.46. The van der Waals surface area contributed by atoms with Gasteiger partial charge in [-0.05, 0) is 111 Å². The van der Waals surface area contributed by atoms with Crippen LogP contribution in [0, 0.1) is 11.8 Å². The Morgan fingerprint density at radius 2 is 1.98 bits per heavy atom. The van der Waals surface area contributed by atoms with Crippen LogP contribution in [0.3, 0.4) is 0 Å². The van der Waals surface area contributed by atoms with Crippen molar-refractivity contribution in [2.75, 3.05) is 24.6 Å². The van der Waals surface area contributed by atoms with Crippen LogP contribution in [0.1, 0.15) is 79.2 Å². The molecule has 1 saturated carbocycles. The predicted octanol–water partition coefficient (Wildman–Crippen LogP) is 6.40. The fourth-order valence-corrected chi connectivity index (χ4v) is 9.67. The van der Waals surface area contributed by atoms with Gasteiger partial charge in [0.15, 0.2) is 5.82 Å². The maximum atomic E-state index is 13.5. The van der Waals surface area contributed by atoms with Crippen molar-refractivity contribution in [1.82, 2.24) is 14.7 Å². The Hall–Kier alpha value is -3.47. The SMILES string of the molecule is CC[C@@H]1CC/C=C\[C@H](OCc2ncccn2)[C@@H]2CC[C@H]2CN2C[C@@]3(CCCc4cc(Cl)ccc43)COc3ccc(cc32)C(=O)NS1(=O)=O. The Morgan fingerprint density at radius 1 is 1.12 bits per heavy atom. The molecule has 2 aromatic carbocycles. The van der Waals surface area contributed by atoms with E-state index < -0.39 is 21.2 Å². The van der Waals surface area contributed by atoms with Crippen LogP contribution in [0.15, 0.2) is 67.0 Å². The fourth-order valence-electron chi connectivity index (χ4n) is 8.05. The largest absolute Gasteiger partial charge is 0.490 e. The number of ether oxygens (including phenoxy) is 2. The molecular weight excluding hydrogens is 648 g/mol. The number of hydrogen-bond acceptors (Lipinski definition) is 8. The van der Waals surface area contributed by atoms with E-state index in [1.165, 1.54) is 11.1 Å². The molecule has 2 bridgehead atoms. The van der Waals surface area contributed by atoms with E-state index in [9.17, 15) is 13.2 Å². The summed E-state index contributed by atoms with van der Waals surface area (Å²) in [5.74, 6) is 1.31. The lowest BCUT2D eigenvalue weighted by molar-refractivity contribution is -0.0249. The molecule has 1 amide bonds. The second-order valence-electron chi connectivity index (χ2n) is 13.7. The van der Waals surface area contributed by atoms with E-state index in [0.717, 1.165) is 49.4 Å². The molecule has 3 heterocycles.